The zero-order chi connectivity index (χ0) is 27.0. The molecule has 3 N–H and O–H groups in total. The Bertz CT molecular complexity index is 1600. The molecule has 1 unspecified atom stereocenters. The molecule has 1 amide bonds. The number of anilines is 1. The topological polar surface area (TPSA) is 133 Å². The van der Waals surface area contributed by atoms with Crippen LogP contribution in [-0.4, -0.2) is 44.4 Å². The number of amides is 1. The molecule has 0 aliphatic carbocycles. The number of Topliss-reactive ketones (excluding diaryl/α,β-unsaturated/α-hetero) is 1. The summed E-state index contributed by atoms with van der Waals surface area (Å²) >= 11 is 0. The molecule has 0 saturated carbocycles. The number of benzene rings is 3. The lowest BCUT2D eigenvalue weighted by molar-refractivity contribution is -0.132. The number of nitrogens with one attached hydrogen (secondary N) is 1. The number of aryl methyl sites for hydroxylation is 1. The summed E-state index contributed by atoms with van der Waals surface area (Å²) in [6, 6.07) is 17.4. The normalized spacial score (nSPS) is 16.8. The number of aliphatic hydroxyl groups is 1. The molecule has 5 rings (SSSR count). The monoisotopic (exact) mass is 511 g/mol. The van der Waals surface area contributed by atoms with Crippen LogP contribution in [-0.2, 0) is 9.59 Å². The second kappa shape index (κ2) is 9.85. The Kier molecular flexibility index (Phi) is 6.42. The summed E-state index contributed by atoms with van der Waals surface area (Å²) in [6.45, 7) is 4.44. The second-order valence-corrected chi connectivity index (χ2v) is 9.05. The van der Waals surface area contributed by atoms with Crippen LogP contribution in [0.3, 0.4) is 0 Å². The Balaban J connectivity index is 1.65. The van der Waals surface area contributed by atoms with E-state index in [-0.39, 0.29) is 22.8 Å². The molecule has 0 radical (unpaired) electrons. The van der Waals surface area contributed by atoms with E-state index in [9.17, 15) is 24.6 Å². The molecule has 1 atom stereocenters. The fourth-order valence-electron chi connectivity index (χ4n) is 4.53. The van der Waals surface area contributed by atoms with Gasteiger partial charge in [-0.1, -0.05) is 36.8 Å². The predicted octanol–water partition coefficient (Wildman–Crippen LogP) is 4.98. The number of nitrogens with zero attached hydrogens (tertiary/aromatic N) is 2. The van der Waals surface area contributed by atoms with Gasteiger partial charge in [0.2, 0.25) is 5.95 Å². The molecule has 1 fully saturated rings. The molecule has 192 valence electrons. The summed E-state index contributed by atoms with van der Waals surface area (Å²) in [6.07, 6.45) is 0.848. The molecule has 4 aromatic rings. The van der Waals surface area contributed by atoms with Crippen molar-refractivity contribution < 1.29 is 29.3 Å². The van der Waals surface area contributed by atoms with Crippen LogP contribution >= 0.6 is 0 Å². The van der Waals surface area contributed by atoms with Crippen molar-refractivity contribution in [1.82, 2.24) is 9.97 Å². The van der Waals surface area contributed by atoms with E-state index in [1.807, 2.05) is 32.0 Å². The van der Waals surface area contributed by atoms with Crippen LogP contribution in [0.1, 0.15) is 46.4 Å². The van der Waals surface area contributed by atoms with Crippen LogP contribution in [0.15, 0.2) is 72.3 Å². The first-order valence-electron chi connectivity index (χ1n) is 12.1. The number of fused-ring (bicyclic) bond motifs is 1. The van der Waals surface area contributed by atoms with Gasteiger partial charge in [0.25, 0.3) is 5.78 Å². The summed E-state index contributed by atoms with van der Waals surface area (Å²) in [5.74, 6) is -2.44. The molecule has 1 saturated heterocycles. The Morgan fingerprint density at radius 3 is 2.45 bits per heavy atom. The minimum atomic E-state index is -1.10. The van der Waals surface area contributed by atoms with Crippen LogP contribution < -0.4 is 9.64 Å². The SMILES string of the molecule is CCCOc1ccc(/C(O)=C2\C(=O)C(=O)N(c3nc4ccc(C(=O)O)cc4[nH]3)C2c2cccc(C)c2)cc1. The zero-order valence-electron chi connectivity index (χ0n) is 20.8. The zero-order valence-corrected chi connectivity index (χ0v) is 20.8. The van der Waals surface area contributed by atoms with Gasteiger partial charge in [0.15, 0.2) is 0 Å². The number of hydrogen-bond acceptors (Lipinski definition) is 6. The maximum atomic E-state index is 13.4. The van der Waals surface area contributed by atoms with Crippen LogP contribution in [0, 0.1) is 6.92 Å². The maximum Gasteiger partial charge on any atom is 0.335 e. The van der Waals surface area contributed by atoms with E-state index in [4.69, 9.17) is 4.74 Å². The van der Waals surface area contributed by atoms with Gasteiger partial charge in [-0.05, 0) is 61.4 Å². The van der Waals surface area contributed by atoms with Gasteiger partial charge < -0.3 is 19.9 Å². The highest BCUT2D eigenvalue weighted by Crippen LogP contribution is 2.42. The summed E-state index contributed by atoms with van der Waals surface area (Å²) in [5.41, 5.74) is 2.68. The molecule has 9 nitrogen and oxygen atoms in total. The number of carbonyl (C=O) groups is 3. The average molecular weight is 512 g/mol. The van der Waals surface area contributed by atoms with Crippen molar-refractivity contribution in [3.05, 3.63) is 94.6 Å². The number of ether oxygens (including phenoxy) is 1. The van der Waals surface area contributed by atoms with Gasteiger partial charge in [-0.2, -0.15) is 0 Å². The lowest BCUT2D eigenvalue weighted by Crippen LogP contribution is -2.30. The van der Waals surface area contributed by atoms with Crippen LogP contribution in [0.5, 0.6) is 5.75 Å². The third-order valence-corrected chi connectivity index (χ3v) is 6.35. The first-order chi connectivity index (χ1) is 18.3. The van der Waals surface area contributed by atoms with Gasteiger partial charge >= 0.3 is 11.9 Å². The Hall–Kier alpha value is -4.92. The van der Waals surface area contributed by atoms with Crippen molar-refractivity contribution in [1.29, 1.82) is 0 Å². The van der Waals surface area contributed by atoms with Crippen molar-refractivity contribution in [2.75, 3.05) is 11.5 Å². The van der Waals surface area contributed by atoms with Gasteiger partial charge in [0.1, 0.15) is 11.5 Å². The molecule has 3 aromatic carbocycles. The molecule has 1 aliphatic rings. The van der Waals surface area contributed by atoms with Crippen LogP contribution in [0.25, 0.3) is 16.8 Å². The van der Waals surface area contributed by atoms with Crippen molar-refractivity contribution in [3.8, 4) is 5.75 Å². The van der Waals surface area contributed by atoms with Crippen molar-refractivity contribution in [2.45, 2.75) is 26.3 Å². The van der Waals surface area contributed by atoms with E-state index in [2.05, 4.69) is 9.97 Å². The van der Waals surface area contributed by atoms with Crippen molar-refractivity contribution >= 4 is 40.4 Å². The molecular weight excluding hydrogens is 486 g/mol. The second-order valence-electron chi connectivity index (χ2n) is 9.05. The first kappa shape index (κ1) is 24.8. The van der Waals surface area contributed by atoms with E-state index in [0.29, 0.717) is 34.5 Å². The lowest BCUT2D eigenvalue weighted by Gasteiger charge is -2.23. The number of ketones is 1. The van der Waals surface area contributed by atoms with Gasteiger partial charge in [-0.3, -0.25) is 14.5 Å². The summed E-state index contributed by atoms with van der Waals surface area (Å²) < 4.78 is 5.61. The van der Waals surface area contributed by atoms with E-state index >= 15 is 0 Å². The molecular formula is C29H25N3O6. The van der Waals surface area contributed by atoms with E-state index in [1.54, 1.807) is 30.3 Å². The van der Waals surface area contributed by atoms with Gasteiger partial charge in [0.05, 0.1) is 34.8 Å². The van der Waals surface area contributed by atoms with Crippen LogP contribution in [0.4, 0.5) is 5.95 Å². The van der Waals surface area contributed by atoms with Crippen molar-refractivity contribution in [2.24, 2.45) is 0 Å². The molecule has 9 heteroatoms. The van der Waals surface area contributed by atoms with E-state index in [0.717, 1.165) is 12.0 Å². The highest BCUT2D eigenvalue weighted by molar-refractivity contribution is 6.51. The third kappa shape index (κ3) is 4.39. The lowest BCUT2D eigenvalue weighted by atomic mass is 9.94. The fraction of sp³-hybridized carbons (Fsp3) is 0.172. The van der Waals surface area contributed by atoms with Crippen LogP contribution in [0.2, 0.25) is 0 Å². The Morgan fingerprint density at radius 2 is 1.76 bits per heavy atom. The highest BCUT2D eigenvalue weighted by atomic mass is 16.5. The third-order valence-electron chi connectivity index (χ3n) is 6.35. The number of carbonyl (C=O) groups excluding carboxylic acids is 2. The number of rotatable bonds is 7. The summed E-state index contributed by atoms with van der Waals surface area (Å²) in [5, 5.41) is 20.7. The predicted molar refractivity (Wildman–Crippen MR) is 141 cm³/mol. The molecule has 1 aromatic heterocycles. The highest BCUT2D eigenvalue weighted by Gasteiger charge is 2.48. The molecule has 0 spiro atoms. The number of H-pyrrole nitrogens is 1. The molecule has 2 heterocycles. The Labute approximate surface area is 218 Å². The van der Waals surface area contributed by atoms with Gasteiger partial charge in [-0.15, -0.1) is 0 Å². The number of aromatic amines is 1. The van der Waals surface area contributed by atoms with Crippen molar-refractivity contribution in [3.63, 3.8) is 0 Å². The first-order valence-corrected chi connectivity index (χ1v) is 12.1. The Morgan fingerprint density at radius 1 is 1.03 bits per heavy atom. The minimum Gasteiger partial charge on any atom is -0.507 e. The quantitative estimate of drug-likeness (QED) is 0.181. The molecule has 1 aliphatic heterocycles. The number of carboxylic acids is 1. The van der Waals surface area contributed by atoms with E-state index in [1.165, 1.54) is 23.1 Å². The molecule has 38 heavy (non-hydrogen) atoms. The number of aromatic carboxylic acids is 1. The fourth-order valence-corrected chi connectivity index (χ4v) is 4.53. The minimum absolute atomic E-state index is 0.0522. The number of hydrogen-bond donors (Lipinski definition) is 3. The number of aliphatic hydroxyl groups excluding tert-OH is 1. The number of imidazole rings is 1. The molecule has 0 bridgehead atoms. The standard InChI is InChI=1S/C29H25N3O6/c1-3-13-38-20-10-7-17(8-11-20)25(33)23-24(18-6-4-5-16(2)14-18)32(27(35)26(23)34)29-30-21-12-9-19(28(36)37)15-22(21)31-29/h4-12,14-15,24,33H,3,13H2,1-2H3,(H,30,31)(H,36,37)/b25-23+. The maximum absolute atomic E-state index is 13.4. The summed E-state index contributed by atoms with van der Waals surface area (Å²) in [4.78, 5) is 46.9. The smallest absolute Gasteiger partial charge is 0.335 e. The number of carboxylic acid groups (broad SMARTS) is 1. The number of aromatic nitrogens is 2. The van der Waals surface area contributed by atoms with E-state index < -0.39 is 23.7 Å². The average Bonchev–Trinajstić information content (AvgIpc) is 3.45. The van der Waals surface area contributed by atoms with Gasteiger partial charge in [0, 0.05) is 5.56 Å². The summed E-state index contributed by atoms with van der Waals surface area (Å²) in [7, 11) is 0. The largest absolute Gasteiger partial charge is 0.507 e. The van der Waals surface area contributed by atoms with Gasteiger partial charge in [-0.25, -0.2) is 9.78 Å².